The minimum absolute atomic E-state index is 0.128. The normalized spacial score (nSPS) is 10.8. The van der Waals surface area contributed by atoms with Gasteiger partial charge in [-0.3, -0.25) is 4.79 Å². The second kappa shape index (κ2) is 8.23. The summed E-state index contributed by atoms with van der Waals surface area (Å²) in [5.41, 5.74) is 0.772. The number of aryl methyl sites for hydroxylation is 1. The van der Waals surface area contributed by atoms with E-state index in [4.69, 9.17) is 14.2 Å². The number of aromatic nitrogens is 2. The van der Waals surface area contributed by atoms with Crippen molar-refractivity contribution in [3.63, 3.8) is 0 Å². The standard InChI is InChI=1S/C18H23N3O4/c1-20-9-8-19-16(20)12-21(2)17(22)7-6-13-10-14(23-3)18(25-5)15(11-13)24-4/h6-11H,12H2,1-5H3. The minimum Gasteiger partial charge on any atom is -0.493 e. The maximum atomic E-state index is 12.3. The van der Waals surface area contributed by atoms with Crippen LogP contribution in [-0.4, -0.2) is 48.7 Å². The fraction of sp³-hybridized carbons (Fsp3) is 0.333. The fourth-order valence-corrected chi connectivity index (χ4v) is 2.33. The number of hydrogen-bond acceptors (Lipinski definition) is 5. The van der Waals surface area contributed by atoms with Gasteiger partial charge in [0.05, 0.1) is 27.9 Å². The van der Waals surface area contributed by atoms with Crippen molar-refractivity contribution in [2.24, 2.45) is 7.05 Å². The first-order valence-electron chi connectivity index (χ1n) is 7.69. The molecule has 0 N–H and O–H groups in total. The Morgan fingerprint density at radius 1 is 1.20 bits per heavy atom. The molecule has 0 aliphatic heterocycles. The van der Waals surface area contributed by atoms with Gasteiger partial charge in [0.15, 0.2) is 11.5 Å². The van der Waals surface area contributed by atoms with Crippen LogP contribution < -0.4 is 14.2 Å². The van der Waals surface area contributed by atoms with Gasteiger partial charge in [-0.2, -0.15) is 0 Å². The van der Waals surface area contributed by atoms with E-state index < -0.39 is 0 Å². The van der Waals surface area contributed by atoms with Crippen LogP contribution >= 0.6 is 0 Å². The first kappa shape index (κ1) is 18.4. The van der Waals surface area contributed by atoms with Crippen LogP contribution in [-0.2, 0) is 18.4 Å². The summed E-state index contributed by atoms with van der Waals surface area (Å²) in [7, 11) is 8.28. The van der Waals surface area contributed by atoms with E-state index in [1.807, 2.05) is 17.8 Å². The van der Waals surface area contributed by atoms with E-state index in [2.05, 4.69) is 4.98 Å². The molecule has 2 rings (SSSR count). The maximum absolute atomic E-state index is 12.3. The molecule has 2 aromatic rings. The number of nitrogens with zero attached hydrogens (tertiary/aromatic N) is 3. The molecule has 7 nitrogen and oxygen atoms in total. The van der Waals surface area contributed by atoms with Gasteiger partial charge >= 0.3 is 0 Å². The number of hydrogen-bond donors (Lipinski definition) is 0. The highest BCUT2D eigenvalue weighted by Gasteiger charge is 2.13. The van der Waals surface area contributed by atoms with Gasteiger partial charge in [0.2, 0.25) is 11.7 Å². The number of rotatable bonds is 7. The summed E-state index contributed by atoms with van der Waals surface area (Å²) in [5, 5.41) is 0. The van der Waals surface area contributed by atoms with Gasteiger partial charge < -0.3 is 23.7 Å². The highest BCUT2D eigenvalue weighted by atomic mass is 16.5. The maximum Gasteiger partial charge on any atom is 0.246 e. The summed E-state index contributed by atoms with van der Waals surface area (Å²) in [6.45, 7) is 0.432. The van der Waals surface area contributed by atoms with E-state index in [-0.39, 0.29) is 5.91 Å². The topological polar surface area (TPSA) is 65.8 Å². The molecule has 0 unspecified atom stereocenters. The van der Waals surface area contributed by atoms with Crippen LogP contribution in [0.5, 0.6) is 17.2 Å². The van der Waals surface area contributed by atoms with Crippen LogP contribution in [0.1, 0.15) is 11.4 Å². The van der Waals surface area contributed by atoms with E-state index in [1.54, 1.807) is 57.7 Å². The van der Waals surface area contributed by atoms with Crippen molar-refractivity contribution in [2.45, 2.75) is 6.54 Å². The SMILES string of the molecule is COc1cc(C=CC(=O)N(C)Cc2nccn2C)cc(OC)c1OC. The van der Waals surface area contributed by atoms with Crippen LogP contribution in [0.3, 0.4) is 0 Å². The zero-order valence-electron chi connectivity index (χ0n) is 15.1. The number of amides is 1. The van der Waals surface area contributed by atoms with Crippen LogP contribution in [0.4, 0.5) is 0 Å². The molecular weight excluding hydrogens is 322 g/mol. The lowest BCUT2D eigenvalue weighted by molar-refractivity contribution is -0.125. The van der Waals surface area contributed by atoms with Crippen molar-refractivity contribution in [2.75, 3.05) is 28.4 Å². The highest BCUT2D eigenvalue weighted by molar-refractivity contribution is 5.91. The molecular formula is C18H23N3O4. The molecule has 0 spiro atoms. The van der Waals surface area contributed by atoms with Crippen LogP contribution in [0, 0.1) is 0 Å². The average molecular weight is 345 g/mol. The number of carbonyl (C=O) groups is 1. The van der Waals surface area contributed by atoms with Gasteiger partial charge in [-0.25, -0.2) is 4.98 Å². The summed E-state index contributed by atoms with van der Waals surface area (Å²) < 4.78 is 17.8. The van der Waals surface area contributed by atoms with Crippen LogP contribution in [0.2, 0.25) is 0 Å². The summed E-state index contributed by atoms with van der Waals surface area (Å²) in [5.74, 6) is 2.28. The van der Waals surface area contributed by atoms with E-state index >= 15 is 0 Å². The van der Waals surface area contributed by atoms with Crippen molar-refractivity contribution < 1.29 is 19.0 Å². The number of ether oxygens (including phenoxy) is 3. The Kier molecular flexibility index (Phi) is 6.05. The molecule has 1 aromatic carbocycles. The Labute approximate surface area is 147 Å². The second-order valence-corrected chi connectivity index (χ2v) is 5.44. The molecule has 0 aliphatic rings. The van der Waals surface area contributed by atoms with Crippen molar-refractivity contribution in [3.05, 3.63) is 42.0 Å². The molecule has 0 saturated heterocycles. The van der Waals surface area contributed by atoms with Crippen LogP contribution in [0.15, 0.2) is 30.6 Å². The molecule has 25 heavy (non-hydrogen) atoms. The molecule has 0 radical (unpaired) electrons. The predicted octanol–water partition coefficient (Wildman–Crippen LogP) is 2.12. The molecule has 1 aromatic heterocycles. The molecule has 0 atom stereocenters. The molecule has 0 saturated carbocycles. The first-order chi connectivity index (χ1) is 12.0. The number of benzene rings is 1. The van der Waals surface area contributed by atoms with E-state index in [9.17, 15) is 4.79 Å². The van der Waals surface area contributed by atoms with Gasteiger partial charge in [0, 0.05) is 32.6 Å². The Morgan fingerprint density at radius 2 is 1.84 bits per heavy atom. The number of likely N-dealkylation sites (N-methyl/N-ethyl adjacent to an activating group) is 1. The molecule has 134 valence electrons. The van der Waals surface area contributed by atoms with Crippen molar-refractivity contribution >= 4 is 12.0 Å². The summed E-state index contributed by atoms with van der Waals surface area (Å²) in [6, 6.07) is 3.56. The summed E-state index contributed by atoms with van der Waals surface area (Å²) >= 11 is 0. The Balaban J connectivity index is 2.15. The highest BCUT2D eigenvalue weighted by Crippen LogP contribution is 2.38. The third-order valence-electron chi connectivity index (χ3n) is 3.78. The number of carbonyl (C=O) groups excluding carboxylic acids is 1. The third kappa shape index (κ3) is 4.32. The molecule has 1 heterocycles. The smallest absolute Gasteiger partial charge is 0.246 e. The molecule has 7 heteroatoms. The predicted molar refractivity (Wildman–Crippen MR) is 94.8 cm³/mol. The molecule has 0 fully saturated rings. The van der Waals surface area contributed by atoms with Crippen molar-refractivity contribution in [1.29, 1.82) is 0 Å². The van der Waals surface area contributed by atoms with Gasteiger partial charge in [-0.15, -0.1) is 0 Å². The van der Waals surface area contributed by atoms with E-state index in [1.165, 1.54) is 6.08 Å². The zero-order chi connectivity index (χ0) is 18.4. The molecule has 1 amide bonds. The Hall–Kier alpha value is -2.96. The number of imidazole rings is 1. The summed E-state index contributed by atoms with van der Waals surface area (Å²) in [4.78, 5) is 18.1. The Morgan fingerprint density at radius 3 is 2.32 bits per heavy atom. The monoisotopic (exact) mass is 345 g/mol. The van der Waals surface area contributed by atoms with Crippen molar-refractivity contribution in [1.82, 2.24) is 14.5 Å². The lowest BCUT2D eigenvalue weighted by Gasteiger charge is -2.15. The molecule has 0 aliphatic carbocycles. The van der Waals surface area contributed by atoms with Gasteiger partial charge in [0.25, 0.3) is 0 Å². The van der Waals surface area contributed by atoms with Crippen LogP contribution in [0.25, 0.3) is 6.08 Å². The fourth-order valence-electron chi connectivity index (χ4n) is 2.33. The summed E-state index contributed by atoms with van der Waals surface area (Å²) in [6.07, 6.45) is 6.77. The van der Waals surface area contributed by atoms with Gasteiger partial charge in [0.1, 0.15) is 5.82 Å². The lowest BCUT2D eigenvalue weighted by Crippen LogP contribution is -2.25. The average Bonchev–Trinajstić information content (AvgIpc) is 3.03. The van der Waals surface area contributed by atoms with Gasteiger partial charge in [-0.1, -0.05) is 0 Å². The molecule has 0 bridgehead atoms. The zero-order valence-corrected chi connectivity index (χ0v) is 15.1. The quantitative estimate of drug-likeness (QED) is 0.719. The Bertz CT molecular complexity index is 742. The van der Waals surface area contributed by atoms with Gasteiger partial charge in [-0.05, 0) is 23.8 Å². The van der Waals surface area contributed by atoms with E-state index in [0.29, 0.717) is 23.8 Å². The van der Waals surface area contributed by atoms with E-state index in [0.717, 1.165) is 11.4 Å². The largest absolute Gasteiger partial charge is 0.493 e. The third-order valence-corrected chi connectivity index (χ3v) is 3.78. The lowest BCUT2D eigenvalue weighted by atomic mass is 10.1. The van der Waals surface area contributed by atoms with Crippen molar-refractivity contribution in [3.8, 4) is 17.2 Å². The number of methoxy groups -OCH3 is 3. The minimum atomic E-state index is -0.128. The second-order valence-electron chi connectivity index (χ2n) is 5.44. The first-order valence-corrected chi connectivity index (χ1v) is 7.69.